The Morgan fingerprint density at radius 1 is 1.50 bits per heavy atom. The lowest BCUT2D eigenvalue weighted by Crippen LogP contribution is -2.17. The molecule has 0 bridgehead atoms. The number of rotatable bonds is 4. The van der Waals surface area contributed by atoms with Crippen molar-refractivity contribution in [2.45, 2.75) is 26.2 Å². The van der Waals surface area contributed by atoms with E-state index in [0.717, 1.165) is 12.5 Å². The number of nitrogens with two attached hydrogens (primary N) is 1. The summed E-state index contributed by atoms with van der Waals surface area (Å²) in [6.45, 7) is 2.93. The predicted octanol–water partition coefficient (Wildman–Crippen LogP) is 3.04. The van der Waals surface area contributed by atoms with E-state index in [9.17, 15) is 9.18 Å². The van der Waals surface area contributed by atoms with Crippen LogP contribution in [0.5, 0.6) is 0 Å². The quantitative estimate of drug-likeness (QED) is 0.657. The number of nitrogen functional groups attached to an aromatic ring is 1. The van der Waals surface area contributed by atoms with E-state index in [1.54, 1.807) is 0 Å². The number of esters is 1. The second-order valence-corrected chi connectivity index (χ2v) is 5.46. The number of halogens is 1. The molecule has 2 atom stereocenters. The van der Waals surface area contributed by atoms with Gasteiger partial charge in [-0.25, -0.2) is 9.18 Å². The van der Waals surface area contributed by atoms with Gasteiger partial charge in [0, 0.05) is 12.2 Å². The van der Waals surface area contributed by atoms with E-state index in [1.807, 2.05) is 0 Å². The molecule has 1 saturated carbocycles. The Bertz CT molecular complexity index is 505. The van der Waals surface area contributed by atoms with E-state index in [2.05, 4.69) is 17.0 Å². The molecule has 2 unspecified atom stereocenters. The van der Waals surface area contributed by atoms with Crippen molar-refractivity contribution >= 4 is 17.3 Å². The molecule has 0 radical (unpaired) electrons. The first-order valence-corrected chi connectivity index (χ1v) is 6.94. The summed E-state index contributed by atoms with van der Waals surface area (Å²) in [4.78, 5) is 11.6. The Morgan fingerprint density at radius 3 is 2.85 bits per heavy atom. The van der Waals surface area contributed by atoms with E-state index >= 15 is 0 Å². The Labute approximate surface area is 118 Å². The second kappa shape index (κ2) is 6.11. The number of carbonyl (C=O) groups is 1. The number of hydrogen-bond donors (Lipinski definition) is 2. The molecule has 110 valence electrons. The average molecular weight is 280 g/mol. The number of nitrogens with one attached hydrogen (secondary N) is 1. The predicted molar refractivity (Wildman–Crippen MR) is 77.1 cm³/mol. The smallest absolute Gasteiger partial charge is 0.340 e. The zero-order valence-electron chi connectivity index (χ0n) is 11.9. The minimum Gasteiger partial charge on any atom is -0.465 e. The minimum absolute atomic E-state index is 0.0918. The van der Waals surface area contributed by atoms with Gasteiger partial charge < -0.3 is 15.8 Å². The molecule has 1 aliphatic rings. The molecule has 0 heterocycles. The van der Waals surface area contributed by atoms with Crippen molar-refractivity contribution < 1.29 is 13.9 Å². The van der Waals surface area contributed by atoms with Crippen molar-refractivity contribution in [2.24, 2.45) is 11.8 Å². The van der Waals surface area contributed by atoms with Crippen molar-refractivity contribution in [3.8, 4) is 0 Å². The monoisotopic (exact) mass is 280 g/mol. The first kappa shape index (κ1) is 14.6. The van der Waals surface area contributed by atoms with E-state index < -0.39 is 11.8 Å². The molecular formula is C15H21FN2O2. The van der Waals surface area contributed by atoms with Crippen LogP contribution in [0.1, 0.15) is 36.5 Å². The zero-order chi connectivity index (χ0) is 14.7. The Hall–Kier alpha value is -1.78. The van der Waals surface area contributed by atoms with Gasteiger partial charge in [0.25, 0.3) is 0 Å². The number of hydrogen-bond acceptors (Lipinski definition) is 4. The molecule has 1 fully saturated rings. The molecule has 1 aromatic carbocycles. The topological polar surface area (TPSA) is 64.3 Å². The Morgan fingerprint density at radius 2 is 2.25 bits per heavy atom. The average Bonchev–Trinajstić information content (AvgIpc) is 2.82. The van der Waals surface area contributed by atoms with Gasteiger partial charge in [-0.2, -0.15) is 0 Å². The van der Waals surface area contributed by atoms with Gasteiger partial charge >= 0.3 is 5.97 Å². The second-order valence-electron chi connectivity index (χ2n) is 5.46. The first-order valence-electron chi connectivity index (χ1n) is 6.94. The summed E-state index contributed by atoms with van der Waals surface area (Å²) in [5, 5.41) is 3.09. The van der Waals surface area contributed by atoms with Crippen LogP contribution in [0.4, 0.5) is 15.8 Å². The van der Waals surface area contributed by atoms with E-state index in [-0.39, 0.29) is 11.3 Å². The molecule has 0 aliphatic heterocycles. The summed E-state index contributed by atoms with van der Waals surface area (Å²) < 4.78 is 18.5. The van der Waals surface area contributed by atoms with Crippen molar-refractivity contribution in [3.05, 3.63) is 23.5 Å². The van der Waals surface area contributed by atoms with Crippen LogP contribution in [0.15, 0.2) is 12.1 Å². The van der Waals surface area contributed by atoms with Gasteiger partial charge in [0.05, 0.1) is 18.4 Å². The van der Waals surface area contributed by atoms with Gasteiger partial charge in [-0.3, -0.25) is 0 Å². The summed E-state index contributed by atoms with van der Waals surface area (Å²) in [5.41, 5.74) is 6.23. The summed E-state index contributed by atoms with van der Waals surface area (Å²) in [5.74, 6) is 0.202. The number of anilines is 2. The zero-order valence-corrected chi connectivity index (χ0v) is 11.9. The van der Waals surface area contributed by atoms with Crippen LogP contribution in [0.3, 0.4) is 0 Å². The molecule has 3 N–H and O–H groups in total. The van der Waals surface area contributed by atoms with Crippen LogP contribution in [-0.4, -0.2) is 19.6 Å². The number of benzene rings is 1. The molecule has 0 aromatic heterocycles. The van der Waals surface area contributed by atoms with Gasteiger partial charge in [-0.1, -0.05) is 19.8 Å². The number of ether oxygens (including phenoxy) is 1. The Kier molecular flexibility index (Phi) is 4.47. The van der Waals surface area contributed by atoms with E-state index in [4.69, 9.17) is 5.73 Å². The van der Waals surface area contributed by atoms with Crippen molar-refractivity contribution in [2.75, 3.05) is 24.7 Å². The normalized spacial score (nSPS) is 21.8. The Balaban J connectivity index is 2.12. The molecule has 0 saturated heterocycles. The molecular weight excluding hydrogens is 259 g/mol. The van der Waals surface area contributed by atoms with Gasteiger partial charge in [0.15, 0.2) is 0 Å². The highest BCUT2D eigenvalue weighted by Crippen LogP contribution is 2.32. The summed E-state index contributed by atoms with van der Waals surface area (Å²) >= 11 is 0. The first-order chi connectivity index (χ1) is 9.52. The van der Waals surface area contributed by atoms with Crippen LogP contribution >= 0.6 is 0 Å². The third-order valence-electron chi connectivity index (χ3n) is 4.14. The standard InChI is InChI=1S/C15H21FN2O2/c1-9-4-3-5-10(9)8-18-14-6-11(15(19)20-2)13(17)7-12(14)16/h6-7,9-10,18H,3-5,8,17H2,1-2H3. The van der Waals surface area contributed by atoms with Crippen molar-refractivity contribution in [3.63, 3.8) is 0 Å². The third kappa shape index (κ3) is 3.03. The van der Waals surface area contributed by atoms with E-state index in [0.29, 0.717) is 24.1 Å². The van der Waals surface area contributed by atoms with Crippen LogP contribution in [0.25, 0.3) is 0 Å². The minimum atomic E-state index is -0.556. The summed E-state index contributed by atoms with van der Waals surface area (Å²) in [7, 11) is 1.28. The lowest BCUT2D eigenvalue weighted by Gasteiger charge is -2.18. The fourth-order valence-corrected chi connectivity index (χ4v) is 2.78. The van der Waals surface area contributed by atoms with Crippen LogP contribution in [-0.2, 0) is 4.74 Å². The molecule has 0 amide bonds. The third-order valence-corrected chi connectivity index (χ3v) is 4.14. The largest absolute Gasteiger partial charge is 0.465 e. The van der Waals surface area contributed by atoms with Crippen molar-refractivity contribution in [1.29, 1.82) is 0 Å². The molecule has 4 nitrogen and oxygen atoms in total. The SMILES string of the molecule is COC(=O)c1cc(NCC2CCCC2C)c(F)cc1N. The number of carbonyl (C=O) groups excluding carboxylic acids is 1. The lowest BCUT2D eigenvalue weighted by molar-refractivity contribution is 0.0602. The highest BCUT2D eigenvalue weighted by atomic mass is 19.1. The van der Waals surface area contributed by atoms with Crippen LogP contribution in [0.2, 0.25) is 0 Å². The maximum Gasteiger partial charge on any atom is 0.340 e. The number of methoxy groups -OCH3 is 1. The molecule has 1 aliphatic carbocycles. The van der Waals surface area contributed by atoms with Crippen molar-refractivity contribution in [1.82, 2.24) is 0 Å². The van der Waals surface area contributed by atoms with E-state index in [1.165, 1.54) is 26.0 Å². The van der Waals surface area contributed by atoms with Gasteiger partial charge in [-0.05, 0) is 30.4 Å². The molecule has 5 heteroatoms. The molecule has 20 heavy (non-hydrogen) atoms. The summed E-state index contributed by atoms with van der Waals surface area (Å²) in [6.07, 6.45) is 3.61. The van der Waals surface area contributed by atoms with Gasteiger partial charge in [0.1, 0.15) is 5.82 Å². The highest BCUT2D eigenvalue weighted by Gasteiger charge is 2.23. The summed E-state index contributed by atoms with van der Waals surface area (Å²) in [6, 6.07) is 2.59. The molecule has 0 spiro atoms. The van der Waals surface area contributed by atoms with Crippen LogP contribution < -0.4 is 11.1 Å². The van der Waals surface area contributed by atoms with Gasteiger partial charge in [-0.15, -0.1) is 0 Å². The van der Waals surface area contributed by atoms with Gasteiger partial charge in [0.2, 0.25) is 0 Å². The fourth-order valence-electron chi connectivity index (χ4n) is 2.78. The molecule has 2 rings (SSSR count). The van der Waals surface area contributed by atoms with Crippen LogP contribution in [0, 0.1) is 17.7 Å². The highest BCUT2D eigenvalue weighted by molar-refractivity contribution is 5.96. The molecule has 1 aromatic rings. The maximum absolute atomic E-state index is 13.9. The lowest BCUT2D eigenvalue weighted by atomic mass is 9.98. The fraction of sp³-hybridized carbons (Fsp3) is 0.533. The maximum atomic E-state index is 13.9.